The van der Waals surface area contributed by atoms with Gasteiger partial charge in [-0.3, -0.25) is 0 Å². The average Bonchev–Trinajstić information content (AvgIpc) is 2.28. The number of nitrogens with one attached hydrogen (secondary N) is 1. The maximum absolute atomic E-state index is 5.61. The highest BCUT2D eigenvalue weighted by Gasteiger charge is 2.15. The zero-order chi connectivity index (χ0) is 14.5. The van der Waals surface area contributed by atoms with Gasteiger partial charge in [0.15, 0.2) is 0 Å². The average molecular weight is 262 g/mol. The van der Waals surface area contributed by atoms with Crippen molar-refractivity contribution in [2.75, 3.05) is 13.1 Å². The highest BCUT2D eigenvalue weighted by atomic mass is 14.9. The second-order valence-corrected chi connectivity index (χ2v) is 7.05. The second-order valence-electron chi connectivity index (χ2n) is 7.05. The fraction of sp³-hybridized carbons (Fsp3) is 0.647. The molecule has 2 nitrogen and oxygen atoms in total. The van der Waals surface area contributed by atoms with Gasteiger partial charge < -0.3 is 11.1 Å². The van der Waals surface area contributed by atoms with Crippen LogP contribution in [0.5, 0.6) is 0 Å². The van der Waals surface area contributed by atoms with Crippen LogP contribution in [0.3, 0.4) is 0 Å². The van der Waals surface area contributed by atoms with Gasteiger partial charge >= 0.3 is 0 Å². The van der Waals surface area contributed by atoms with Gasteiger partial charge in [-0.1, -0.05) is 45.0 Å². The molecule has 0 heterocycles. The molecule has 0 radical (unpaired) electrons. The predicted molar refractivity (Wildman–Crippen MR) is 84.6 cm³/mol. The summed E-state index contributed by atoms with van der Waals surface area (Å²) in [5.41, 5.74) is 8.78. The van der Waals surface area contributed by atoms with Crippen LogP contribution in [0.25, 0.3) is 0 Å². The van der Waals surface area contributed by atoms with Crippen LogP contribution in [0.15, 0.2) is 24.3 Å². The normalized spacial score (nSPS) is 12.7. The van der Waals surface area contributed by atoms with Crippen LogP contribution in [0.4, 0.5) is 0 Å². The fourth-order valence-electron chi connectivity index (χ4n) is 2.17. The first-order valence-electron chi connectivity index (χ1n) is 7.29. The summed E-state index contributed by atoms with van der Waals surface area (Å²) in [5.74, 6) is 0. The van der Waals surface area contributed by atoms with Crippen LogP contribution in [-0.2, 0) is 11.8 Å². The number of hydrogen-bond donors (Lipinski definition) is 2. The number of benzene rings is 1. The van der Waals surface area contributed by atoms with E-state index in [1.165, 1.54) is 11.1 Å². The minimum atomic E-state index is 0.139. The lowest BCUT2D eigenvalue weighted by Gasteiger charge is -2.26. The Hall–Kier alpha value is -0.860. The van der Waals surface area contributed by atoms with E-state index in [4.69, 9.17) is 5.73 Å². The second kappa shape index (κ2) is 6.53. The van der Waals surface area contributed by atoms with Crippen LogP contribution in [-0.4, -0.2) is 18.6 Å². The third kappa shape index (κ3) is 5.75. The first kappa shape index (κ1) is 16.2. The Morgan fingerprint density at radius 2 is 1.58 bits per heavy atom. The summed E-state index contributed by atoms with van der Waals surface area (Å²) in [5, 5.41) is 3.57. The van der Waals surface area contributed by atoms with Crippen molar-refractivity contribution >= 4 is 0 Å². The SMILES string of the molecule is CC(C)(CCN)NCCc1ccc(C(C)(C)C)cc1. The Morgan fingerprint density at radius 3 is 2.05 bits per heavy atom. The van der Waals surface area contributed by atoms with Crippen LogP contribution in [0.2, 0.25) is 0 Å². The fourth-order valence-corrected chi connectivity index (χ4v) is 2.17. The molecule has 0 amide bonds. The van der Waals surface area contributed by atoms with E-state index < -0.39 is 0 Å². The summed E-state index contributed by atoms with van der Waals surface area (Å²) in [7, 11) is 0. The van der Waals surface area contributed by atoms with Gasteiger partial charge in [-0.05, 0) is 56.3 Å². The summed E-state index contributed by atoms with van der Waals surface area (Å²) in [6.07, 6.45) is 2.08. The van der Waals surface area contributed by atoms with Gasteiger partial charge in [0.05, 0.1) is 0 Å². The van der Waals surface area contributed by atoms with Crippen molar-refractivity contribution in [2.45, 2.75) is 58.4 Å². The molecular weight excluding hydrogens is 232 g/mol. The Bertz CT molecular complexity index is 371. The molecule has 0 saturated heterocycles. The smallest absolute Gasteiger partial charge is 0.0137 e. The van der Waals surface area contributed by atoms with Gasteiger partial charge in [-0.15, -0.1) is 0 Å². The lowest BCUT2D eigenvalue weighted by Crippen LogP contribution is -2.42. The zero-order valence-electron chi connectivity index (χ0n) is 13.2. The minimum Gasteiger partial charge on any atom is -0.330 e. The molecule has 108 valence electrons. The molecule has 0 aliphatic rings. The van der Waals surface area contributed by atoms with Crippen LogP contribution < -0.4 is 11.1 Å². The van der Waals surface area contributed by atoms with Gasteiger partial charge in [-0.2, -0.15) is 0 Å². The molecule has 1 rings (SSSR count). The summed E-state index contributed by atoms with van der Waals surface area (Å²) >= 11 is 0. The predicted octanol–water partition coefficient (Wildman–Crippen LogP) is 3.24. The Labute approximate surface area is 118 Å². The third-order valence-corrected chi connectivity index (χ3v) is 3.61. The molecule has 19 heavy (non-hydrogen) atoms. The highest BCUT2D eigenvalue weighted by Crippen LogP contribution is 2.22. The monoisotopic (exact) mass is 262 g/mol. The van der Waals surface area contributed by atoms with Gasteiger partial charge in [0.25, 0.3) is 0 Å². The van der Waals surface area contributed by atoms with E-state index >= 15 is 0 Å². The highest BCUT2D eigenvalue weighted by molar-refractivity contribution is 5.27. The Balaban J connectivity index is 2.47. The largest absolute Gasteiger partial charge is 0.330 e. The Morgan fingerprint density at radius 1 is 1.00 bits per heavy atom. The van der Waals surface area contributed by atoms with Gasteiger partial charge in [-0.25, -0.2) is 0 Å². The van der Waals surface area contributed by atoms with E-state index in [1.807, 2.05) is 0 Å². The lowest BCUT2D eigenvalue weighted by atomic mass is 9.86. The van der Waals surface area contributed by atoms with E-state index in [9.17, 15) is 0 Å². The van der Waals surface area contributed by atoms with Crippen molar-refractivity contribution in [2.24, 2.45) is 5.73 Å². The molecular formula is C17H30N2. The van der Waals surface area contributed by atoms with E-state index in [0.717, 1.165) is 25.9 Å². The van der Waals surface area contributed by atoms with Crippen molar-refractivity contribution in [1.82, 2.24) is 5.32 Å². The van der Waals surface area contributed by atoms with Crippen molar-refractivity contribution in [3.8, 4) is 0 Å². The summed E-state index contributed by atoms with van der Waals surface area (Å²) < 4.78 is 0. The van der Waals surface area contributed by atoms with E-state index in [-0.39, 0.29) is 11.0 Å². The van der Waals surface area contributed by atoms with Crippen LogP contribution in [0.1, 0.15) is 52.2 Å². The number of rotatable bonds is 6. The van der Waals surface area contributed by atoms with Gasteiger partial charge in [0.1, 0.15) is 0 Å². The molecule has 0 saturated carbocycles. The molecule has 2 heteroatoms. The van der Waals surface area contributed by atoms with Crippen molar-refractivity contribution in [3.63, 3.8) is 0 Å². The van der Waals surface area contributed by atoms with Crippen LogP contribution >= 0.6 is 0 Å². The molecule has 1 aromatic rings. The maximum Gasteiger partial charge on any atom is 0.0137 e. The van der Waals surface area contributed by atoms with Gasteiger partial charge in [0, 0.05) is 5.54 Å². The van der Waals surface area contributed by atoms with Gasteiger partial charge in [0.2, 0.25) is 0 Å². The molecule has 0 aliphatic heterocycles. The van der Waals surface area contributed by atoms with Crippen molar-refractivity contribution in [1.29, 1.82) is 0 Å². The molecule has 3 N–H and O–H groups in total. The molecule has 0 spiro atoms. The number of nitrogens with two attached hydrogens (primary N) is 1. The van der Waals surface area contributed by atoms with E-state index in [2.05, 4.69) is 64.2 Å². The molecule has 0 fully saturated rings. The molecule has 0 unspecified atom stereocenters. The molecule has 0 bridgehead atoms. The first-order valence-corrected chi connectivity index (χ1v) is 7.29. The Kier molecular flexibility index (Phi) is 5.57. The van der Waals surface area contributed by atoms with E-state index in [1.54, 1.807) is 0 Å². The summed E-state index contributed by atoms with van der Waals surface area (Å²) in [4.78, 5) is 0. The standard InChI is InChI=1S/C17H30N2/c1-16(2,3)15-8-6-14(7-9-15)10-13-19-17(4,5)11-12-18/h6-9,19H,10-13,18H2,1-5H3. The van der Waals surface area contributed by atoms with E-state index in [0.29, 0.717) is 0 Å². The van der Waals surface area contributed by atoms with Crippen molar-refractivity contribution < 1.29 is 0 Å². The summed E-state index contributed by atoms with van der Waals surface area (Å²) in [6.45, 7) is 12.9. The lowest BCUT2D eigenvalue weighted by molar-refractivity contribution is 0.370. The van der Waals surface area contributed by atoms with Crippen molar-refractivity contribution in [3.05, 3.63) is 35.4 Å². The molecule has 0 aromatic heterocycles. The molecule has 0 aliphatic carbocycles. The minimum absolute atomic E-state index is 0.139. The topological polar surface area (TPSA) is 38.0 Å². The summed E-state index contributed by atoms with van der Waals surface area (Å²) in [6, 6.07) is 9.00. The quantitative estimate of drug-likeness (QED) is 0.826. The zero-order valence-corrected chi connectivity index (χ0v) is 13.2. The maximum atomic E-state index is 5.61. The third-order valence-electron chi connectivity index (χ3n) is 3.61. The molecule has 1 aromatic carbocycles. The first-order chi connectivity index (χ1) is 8.74. The van der Waals surface area contributed by atoms with Crippen LogP contribution in [0, 0.1) is 0 Å². The molecule has 0 atom stereocenters. The number of hydrogen-bond acceptors (Lipinski definition) is 2.